The second-order valence-corrected chi connectivity index (χ2v) is 5.41. The summed E-state index contributed by atoms with van der Waals surface area (Å²) in [6.07, 6.45) is 3.27. The molecule has 4 heteroatoms. The summed E-state index contributed by atoms with van der Waals surface area (Å²) in [6, 6.07) is 14.2. The van der Waals surface area contributed by atoms with Crippen molar-refractivity contribution in [1.29, 1.82) is 0 Å². The van der Waals surface area contributed by atoms with Gasteiger partial charge in [0.05, 0.1) is 0 Å². The number of carbonyl (C=O) groups is 1. The number of piperidine rings is 1. The molecule has 0 aromatic heterocycles. The number of nitrogens with two attached hydrogens (primary N) is 1. The average Bonchev–Trinajstić information content (AvgIpc) is 2.53. The van der Waals surface area contributed by atoms with Crippen molar-refractivity contribution in [3.05, 3.63) is 48.0 Å². The van der Waals surface area contributed by atoms with Crippen LogP contribution in [0.1, 0.15) is 29.6 Å². The fourth-order valence-electron chi connectivity index (χ4n) is 3.08. The molecule has 0 radical (unpaired) electrons. The van der Waals surface area contributed by atoms with Gasteiger partial charge in [0.15, 0.2) is 0 Å². The molecule has 2 aromatic rings. The molecule has 1 unspecified atom stereocenters. The van der Waals surface area contributed by atoms with Crippen LogP contribution in [0.15, 0.2) is 42.5 Å². The van der Waals surface area contributed by atoms with Crippen LogP contribution in [0.5, 0.6) is 0 Å². The quantitative estimate of drug-likeness (QED) is 0.926. The highest BCUT2D eigenvalue weighted by Crippen LogP contribution is 2.24. The Balaban J connectivity index is 0.00000161. The van der Waals surface area contributed by atoms with E-state index in [9.17, 15) is 4.79 Å². The zero-order valence-corrected chi connectivity index (χ0v) is 12.8. The first-order valence-corrected chi connectivity index (χ1v) is 7.30. The van der Waals surface area contributed by atoms with Gasteiger partial charge in [-0.05, 0) is 36.1 Å². The number of amides is 1. The molecule has 1 fully saturated rings. The molecule has 0 bridgehead atoms. The summed E-state index contributed by atoms with van der Waals surface area (Å²) in [7, 11) is 0. The van der Waals surface area contributed by atoms with Gasteiger partial charge in [0, 0.05) is 24.7 Å². The maximum absolute atomic E-state index is 12.9. The van der Waals surface area contributed by atoms with E-state index in [0.717, 1.165) is 35.7 Å². The summed E-state index contributed by atoms with van der Waals surface area (Å²) in [6.45, 7) is 1.38. The molecule has 1 heterocycles. The van der Waals surface area contributed by atoms with Crippen molar-refractivity contribution in [1.82, 2.24) is 4.90 Å². The number of halogens is 1. The molecular weight excluding hydrogens is 284 g/mol. The van der Waals surface area contributed by atoms with E-state index in [4.69, 9.17) is 5.73 Å². The van der Waals surface area contributed by atoms with Gasteiger partial charge in [-0.3, -0.25) is 4.79 Å². The van der Waals surface area contributed by atoms with Crippen LogP contribution < -0.4 is 5.73 Å². The highest BCUT2D eigenvalue weighted by Gasteiger charge is 2.27. The van der Waals surface area contributed by atoms with Gasteiger partial charge >= 0.3 is 0 Å². The Bertz CT molecular complexity index is 624. The minimum absolute atomic E-state index is 0. The van der Waals surface area contributed by atoms with E-state index < -0.39 is 0 Å². The normalized spacial score (nSPS) is 18.3. The predicted octanol–water partition coefficient (Wildman–Crippen LogP) is 3.22. The average molecular weight is 305 g/mol. The van der Waals surface area contributed by atoms with Crippen molar-refractivity contribution in [2.45, 2.75) is 25.3 Å². The molecule has 0 aliphatic carbocycles. The Labute approximate surface area is 131 Å². The lowest BCUT2D eigenvalue weighted by Gasteiger charge is -2.35. The van der Waals surface area contributed by atoms with Gasteiger partial charge in [0.2, 0.25) is 0 Å². The summed E-state index contributed by atoms with van der Waals surface area (Å²) < 4.78 is 0. The molecule has 2 aromatic carbocycles. The zero-order valence-electron chi connectivity index (χ0n) is 12.0. The Hall–Kier alpha value is -1.58. The Kier molecular flexibility index (Phi) is 5.21. The van der Waals surface area contributed by atoms with Crippen LogP contribution in [-0.2, 0) is 0 Å². The Morgan fingerprint density at radius 3 is 2.71 bits per heavy atom. The lowest BCUT2D eigenvalue weighted by atomic mass is 9.98. The monoisotopic (exact) mass is 304 g/mol. The topological polar surface area (TPSA) is 46.3 Å². The summed E-state index contributed by atoms with van der Waals surface area (Å²) in [4.78, 5) is 14.8. The molecular formula is C17H21ClN2O. The SMILES string of the molecule is Cl.NCC1CCCCN1C(=O)c1cccc2ccccc12. The van der Waals surface area contributed by atoms with Gasteiger partial charge in [-0.2, -0.15) is 0 Å². The first-order valence-electron chi connectivity index (χ1n) is 7.30. The van der Waals surface area contributed by atoms with E-state index in [1.807, 2.05) is 47.4 Å². The number of nitrogens with zero attached hydrogens (tertiary/aromatic N) is 1. The number of benzene rings is 2. The largest absolute Gasteiger partial charge is 0.334 e. The molecule has 2 N–H and O–H groups in total. The number of hydrogen-bond donors (Lipinski definition) is 1. The fourth-order valence-corrected chi connectivity index (χ4v) is 3.08. The van der Waals surface area contributed by atoms with Crippen LogP contribution in [0, 0.1) is 0 Å². The van der Waals surface area contributed by atoms with Crippen molar-refractivity contribution in [3.63, 3.8) is 0 Å². The third-order valence-electron chi connectivity index (χ3n) is 4.18. The Morgan fingerprint density at radius 1 is 1.14 bits per heavy atom. The van der Waals surface area contributed by atoms with Gasteiger partial charge in [-0.25, -0.2) is 0 Å². The lowest BCUT2D eigenvalue weighted by Crippen LogP contribution is -2.47. The van der Waals surface area contributed by atoms with Gasteiger partial charge in [0.25, 0.3) is 5.91 Å². The molecule has 0 spiro atoms. The molecule has 112 valence electrons. The zero-order chi connectivity index (χ0) is 13.9. The lowest BCUT2D eigenvalue weighted by molar-refractivity contribution is 0.0625. The minimum atomic E-state index is 0. The summed E-state index contributed by atoms with van der Waals surface area (Å²) >= 11 is 0. The van der Waals surface area contributed by atoms with Crippen LogP contribution in [0.4, 0.5) is 0 Å². The van der Waals surface area contributed by atoms with Crippen LogP contribution in [0.3, 0.4) is 0 Å². The van der Waals surface area contributed by atoms with Gasteiger partial charge in [-0.1, -0.05) is 36.4 Å². The molecule has 1 atom stereocenters. The van der Waals surface area contributed by atoms with Crippen molar-refractivity contribution in [3.8, 4) is 0 Å². The molecule has 21 heavy (non-hydrogen) atoms. The van der Waals surface area contributed by atoms with E-state index in [1.165, 1.54) is 6.42 Å². The standard InChI is InChI=1S/C17H20N2O.ClH/c18-12-14-8-3-4-11-19(14)17(20)16-10-5-7-13-6-1-2-9-15(13)16;/h1-2,5-7,9-10,14H,3-4,8,11-12,18H2;1H. The van der Waals surface area contributed by atoms with Gasteiger partial charge in [-0.15, -0.1) is 12.4 Å². The number of rotatable bonds is 2. The molecule has 1 aliphatic rings. The van der Waals surface area contributed by atoms with E-state index in [2.05, 4.69) is 0 Å². The molecule has 3 nitrogen and oxygen atoms in total. The Morgan fingerprint density at radius 2 is 1.90 bits per heavy atom. The fraction of sp³-hybridized carbons (Fsp3) is 0.353. The van der Waals surface area contributed by atoms with Gasteiger partial charge in [0.1, 0.15) is 0 Å². The number of fused-ring (bicyclic) bond motifs is 1. The van der Waals surface area contributed by atoms with E-state index in [0.29, 0.717) is 6.54 Å². The van der Waals surface area contributed by atoms with E-state index >= 15 is 0 Å². The molecule has 1 saturated heterocycles. The summed E-state index contributed by atoms with van der Waals surface area (Å²) in [5.41, 5.74) is 6.62. The molecule has 1 amide bonds. The third kappa shape index (κ3) is 3.04. The maximum Gasteiger partial charge on any atom is 0.254 e. The first-order chi connectivity index (χ1) is 9.81. The van der Waals surface area contributed by atoms with Crippen molar-refractivity contribution in [2.24, 2.45) is 5.73 Å². The van der Waals surface area contributed by atoms with Crippen molar-refractivity contribution >= 4 is 29.1 Å². The first kappa shape index (κ1) is 15.8. The highest BCUT2D eigenvalue weighted by atomic mass is 35.5. The van der Waals surface area contributed by atoms with Crippen molar-refractivity contribution < 1.29 is 4.79 Å². The molecule has 3 rings (SSSR count). The summed E-state index contributed by atoms with van der Waals surface area (Å²) in [5.74, 6) is 0.122. The summed E-state index contributed by atoms with van der Waals surface area (Å²) in [5, 5.41) is 2.14. The highest BCUT2D eigenvalue weighted by molar-refractivity contribution is 6.07. The number of likely N-dealkylation sites (tertiary alicyclic amines) is 1. The molecule has 1 aliphatic heterocycles. The molecule has 0 saturated carbocycles. The van der Waals surface area contributed by atoms with E-state index in [-0.39, 0.29) is 24.4 Å². The minimum Gasteiger partial charge on any atom is -0.334 e. The van der Waals surface area contributed by atoms with Crippen LogP contribution in [0.25, 0.3) is 10.8 Å². The van der Waals surface area contributed by atoms with Crippen molar-refractivity contribution in [2.75, 3.05) is 13.1 Å². The second kappa shape index (κ2) is 6.92. The van der Waals surface area contributed by atoms with Crippen LogP contribution in [-0.4, -0.2) is 29.9 Å². The van der Waals surface area contributed by atoms with E-state index in [1.54, 1.807) is 0 Å². The third-order valence-corrected chi connectivity index (χ3v) is 4.18. The van der Waals surface area contributed by atoms with Gasteiger partial charge < -0.3 is 10.6 Å². The number of carbonyl (C=O) groups excluding carboxylic acids is 1. The number of hydrogen-bond acceptors (Lipinski definition) is 2. The van der Waals surface area contributed by atoms with Crippen LogP contribution in [0.2, 0.25) is 0 Å². The maximum atomic E-state index is 12.9. The smallest absolute Gasteiger partial charge is 0.254 e. The predicted molar refractivity (Wildman–Crippen MR) is 88.9 cm³/mol. The van der Waals surface area contributed by atoms with Crippen LogP contribution >= 0.6 is 12.4 Å². The second-order valence-electron chi connectivity index (χ2n) is 5.41.